The highest BCUT2D eigenvalue weighted by Gasteiger charge is 2.11. The minimum Gasteiger partial charge on any atom is -0.493 e. The maximum absolute atomic E-state index is 11.2. The Labute approximate surface area is 108 Å². The zero-order chi connectivity index (χ0) is 12.8. The molecule has 1 aliphatic rings. The average Bonchev–Trinajstić information content (AvgIpc) is 2.82. The van der Waals surface area contributed by atoms with Crippen molar-refractivity contribution in [1.82, 2.24) is 10.9 Å². The lowest BCUT2D eigenvalue weighted by molar-refractivity contribution is -0.122. The summed E-state index contributed by atoms with van der Waals surface area (Å²) in [6.45, 7) is 0.809. The van der Waals surface area contributed by atoms with Crippen molar-refractivity contribution in [2.24, 2.45) is 0 Å². The van der Waals surface area contributed by atoms with Crippen molar-refractivity contribution < 1.29 is 9.53 Å². The topological polar surface area (TPSA) is 50.4 Å². The van der Waals surface area contributed by atoms with Crippen LogP contribution in [0, 0.1) is 0 Å². The number of ether oxygens (including phenoxy) is 1. The van der Waals surface area contributed by atoms with Gasteiger partial charge in [0, 0.05) is 19.9 Å². The second-order valence-electron chi connectivity index (χ2n) is 4.55. The molecule has 0 saturated heterocycles. The summed E-state index contributed by atoms with van der Waals surface area (Å²) >= 11 is 0. The number of hydrazine groups is 1. The van der Waals surface area contributed by atoms with Crippen LogP contribution in [0.5, 0.6) is 5.75 Å². The maximum atomic E-state index is 11.2. The second-order valence-corrected chi connectivity index (χ2v) is 4.55. The number of fused-ring (bicyclic) bond motifs is 1. The lowest BCUT2D eigenvalue weighted by Crippen LogP contribution is -2.33. The van der Waals surface area contributed by atoms with Crippen LogP contribution in [0.2, 0.25) is 0 Å². The van der Waals surface area contributed by atoms with Gasteiger partial charge in [0.15, 0.2) is 0 Å². The van der Waals surface area contributed by atoms with Crippen molar-refractivity contribution in [2.45, 2.75) is 32.1 Å². The molecule has 0 aromatic heterocycles. The molecular formula is C14H20N2O2. The number of amides is 1. The molecule has 0 atom stereocenters. The van der Waals surface area contributed by atoms with E-state index >= 15 is 0 Å². The van der Waals surface area contributed by atoms with Crippen LogP contribution in [-0.2, 0) is 17.6 Å². The first kappa shape index (κ1) is 12.9. The van der Waals surface area contributed by atoms with Crippen LogP contribution in [0.3, 0.4) is 0 Å². The van der Waals surface area contributed by atoms with Gasteiger partial charge in [0.05, 0.1) is 6.61 Å². The van der Waals surface area contributed by atoms with E-state index in [-0.39, 0.29) is 5.91 Å². The van der Waals surface area contributed by atoms with Gasteiger partial charge in [0.2, 0.25) is 5.91 Å². The molecule has 0 radical (unpaired) electrons. The Morgan fingerprint density at radius 2 is 2.28 bits per heavy atom. The Hall–Kier alpha value is -1.55. The molecule has 1 heterocycles. The highest BCUT2D eigenvalue weighted by molar-refractivity contribution is 5.75. The molecule has 2 N–H and O–H groups in total. The molecule has 4 nitrogen and oxygen atoms in total. The van der Waals surface area contributed by atoms with E-state index in [0.29, 0.717) is 6.42 Å². The third-order valence-electron chi connectivity index (χ3n) is 3.14. The van der Waals surface area contributed by atoms with Crippen LogP contribution in [-0.4, -0.2) is 19.6 Å². The highest BCUT2D eigenvalue weighted by Crippen LogP contribution is 2.26. The molecular weight excluding hydrogens is 228 g/mol. The molecule has 1 aliphatic heterocycles. The Morgan fingerprint density at radius 1 is 1.39 bits per heavy atom. The molecule has 2 rings (SSSR count). The Kier molecular flexibility index (Phi) is 4.59. The van der Waals surface area contributed by atoms with Gasteiger partial charge in [-0.3, -0.25) is 10.2 Å². The van der Waals surface area contributed by atoms with Gasteiger partial charge >= 0.3 is 0 Å². The zero-order valence-electron chi connectivity index (χ0n) is 10.8. The van der Waals surface area contributed by atoms with E-state index in [4.69, 9.17) is 4.74 Å². The highest BCUT2D eigenvalue weighted by atomic mass is 16.5. The van der Waals surface area contributed by atoms with Crippen molar-refractivity contribution in [3.8, 4) is 5.75 Å². The van der Waals surface area contributed by atoms with E-state index in [1.807, 2.05) is 0 Å². The van der Waals surface area contributed by atoms with E-state index in [2.05, 4.69) is 29.1 Å². The van der Waals surface area contributed by atoms with Crippen molar-refractivity contribution in [3.63, 3.8) is 0 Å². The maximum Gasteiger partial charge on any atom is 0.234 e. The minimum absolute atomic E-state index is 0.0554. The monoisotopic (exact) mass is 248 g/mol. The molecule has 1 aromatic carbocycles. The Bertz CT molecular complexity index is 418. The van der Waals surface area contributed by atoms with Gasteiger partial charge in [0.1, 0.15) is 5.75 Å². The fourth-order valence-electron chi connectivity index (χ4n) is 2.21. The van der Waals surface area contributed by atoms with E-state index in [1.54, 1.807) is 7.05 Å². The molecule has 1 aromatic rings. The summed E-state index contributed by atoms with van der Waals surface area (Å²) in [6, 6.07) is 6.42. The number of unbranched alkanes of at least 4 members (excludes halogenated alkanes) is 1. The number of carbonyl (C=O) groups is 1. The standard InChI is InChI=1S/C14H20N2O2/c1-15-16-14(17)5-3-2-4-11-6-7-13-12(10-11)8-9-18-13/h6-7,10,15H,2-5,8-9H2,1H3,(H,16,17). The van der Waals surface area contributed by atoms with E-state index < -0.39 is 0 Å². The first-order valence-electron chi connectivity index (χ1n) is 6.50. The first-order chi connectivity index (χ1) is 8.79. The van der Waals surface area contributed by atoms with Crippen LogP contribution >= 0.6 is 0 Å². The summed E-state index contributed by atoms with van der Waals surface area (Å²) in [6.07, 6.45) is 4.58. The van der Waals surface area contributed by atoms with E-state index in [1.165, 1.54) is 11.1 Å². The Morgan fingerprint density at radius 3 is 3.11 bits per heavy atom. The molecule has 0 fully saturated rings. The number of hydrogen-bond acceptors (Lipinski definition) is 3. The van der Waals surface area contributed by atoms with Crippen molar-refractivity contribution in [1.29, 1.82) is 0 Å². The van der Waals surface area contributed by atoms with Crippen molar-refractivity contribution in [2.75, 3.05) is 13.7 Å². The summed E-state index contributed by atoms with van der Waals surface area (Å²) < 4.78 is 5.48. The zero-order valence-corrected chi connectivity index (χ0v) is 10.8. The van der Waals surface area contributed by atoms with Crippen molar-refractivity contribution >= 4 is 5.91 Å². The van der Waals surface area contributed by atoms with Crippen LogP contribution < -0.4 is 15.6 Å². The number of carbonyl (C=O) groups excluding carboxylic acids is 1. The fourth-order valence-corrected chi connectivity index (χ4v) is 2.21. The smallest absolute Gasteiger partial charge is 0.234 e. The molecule has 0 bridgehead atoms. The third-order valence-corrected chi connectivity index (χ3v) is 3.14. The van der Waals surface area contributed by atoms with Gasteiger partial charge in [-0.2, -0.15) is 0 Å². The van der Waals surface area contributed by atoms with E-state index in [0.717, 1.165) is 38.0 Å². The largest absolute Gasteiger partial charge is 0.493 e. The molecule has 4 heteroatoms. The molecule has 1 amide bonds. The van der Waals surface area contributed by atoms with Crippen LogP contribution in [0.15, 0.2) is 18.2 Å². The summed E-state index contributed by atoms with van der Waals surface area (Å²) in [7, 11) is 1.70. The lowest BCUT2D eigenvalue weighted by Gasteiger charge is -2.05. The predicted octanol–water partition coefficient (Wildman–Crippen LogP) is 1.58. The molecule has 0 unspecified atom stereocenters. The van der Waals surface area contributed by atoms with Gasteiger partial charge in [-0.25, -0.2) is 5.43 Å². The minimum atomic E-state index is 0.0554. The lowest BCUT2D eigenvalue weighted by atomic mass is 10.0. The molecule has 18 heavy (non-hydrogen) atoms. The normalized spacial score (nSPS) is 12.9. The number of rotatable bonds is 6. The third kappa shape index (κ3) is 3.47. The molecule has 98 valence electrons. The summed E-state index contributed by atoms with van der Waals surface area (Å²) in [4.78, 5) is 11.2. The molecule has 0 saturated carbocycles. The van der Waals surface area contributed by atoms with Gasteiger partial charge in [-0.05, 0) is 36.5 Å². The van der Waals surface area contributed by atoms with Crippen LogP contribution in [0.4, 0.5) is 0 Å². The Balaban J connectivity index is 1.72. The summed E-state index contributed by atoms with van der Waals surface area (Å²) in [5.41, 5.74) is 7.87. The van der Waals surface area contributed by atoms with E-state index in [9.17, 15) is 4.79 Å². The molecule has 0 aliphatic carbocycles. The predicted molar refractivity (Wildman–Crippen MR) is 70.4 cm³/mol. The SMILES string of the molecule is CNNC(=O)CCCCc1ccc2c(c1)CCO2. The number of benzene rings is 1. The van der Waals surface area contributed by atoms with Gasteiger partial charge in [-0.1, -0.05) is 12.1 Å². The summed E-state index contributed by atoms with van der Waals surface area (Å²) in [5.74, 6) is 1.09. The van der Waals surface area contributed by atoms with Gasteiger partial charge in [-0.15, -0.1) is 0 Å². The molecule has 0 spiro atoms. The fraction of sp³-hybridized carbons (Fsp3) is 0.500. The first-order valence-corrected chi connectivity index (χ1v) is 6.50. The second kappa shape index (κ2) is 6.40. The number of hydrogen-bond donors (Lipinski definition) is 2. The van der Waals surface area contributed by atoms with Gasteiger partial charge < -0.3 is 4.74 Å². The van der Waals surface area contributed by atoms with Crippen LogP contribution in [0.25, 0.3) is 0 Å². The quantitative estimate of drug-likeness (QED) is 0.593. The van der Waals surface area contributed by atoms with Gasteiger partial charge in [0.25, 0.3) is 0 Å². The number of nitrogens with one attached hydrogen (secondary N) is 2. The average molecular weight is 248 g/mol. The summed E-state index contributed by atoms with van der Waals surface area (Å²) in [5, 5.41) is 0. The van der Waals surface area contributed by atoms with Crippen LogP contribution in [0.1, 0.15) is 30.4 Å². The number of aryl methyl sites for hydroxylation is 1. The van der Waals surface area contributed by atoms with Crippen molar-refractivity contribution in [3.05, 3.63) is 29.3 Å².